The van der Waals surface area contributed by atoms with Gasteiger partial charge in [-0.1, -0.05) is 35.3 Å². The van der Waals surface area contributed by atoms with Gasteiger partial charge in [-0.05, 0) is 24.6 Å². The van der Waals surface area contributed by atoms with Gasteiger partial charge in [0.2, 0.25) is 0 Å². The van der Waals surface area contributed by atoms with Crippen LogP contribution in [0.25, 0.3) is 0 Å². The zero-order valence-electron chi connectivity index (χ0n) is 11.6. The second kappa shape index (κ2) is 6.33. The molecular weight excluding hydrogens is 311 g/mol. The molecule has 0 bridgehead atoms. The number of benzene rings is 1. The van der Waals surface area contributed by atoms with Crippen LogP contribution in [0, 0.1) is 0 Å². The maximum atomic E-state index is 12.3. The lowest BCUT2D eigenvalue weighted by molar-refractivity contribution is 0.0780. The van der Waals surface area contributed by atoms with Gasteiger partial charge in [0.05, 0.1) is 10.0 Å². The van der Waals surface area contributed by atoms with Crippen molar-refractivity contribution in [2.24, 2.45) is 0 Å². The van der Waals surface area contributed by atoms with E-state index in [1.54, 1.807) is 25.2 Å². The van der Waals surface area contributed by atoms with E-state index < -0.39 is 0 Å². The number of ketones is 1. The van der Waals surface area contributed by atoms with E-state index in [4.69, 9.17) is 23.2 Å². The average Bonchev–Trinajstić information content (AvgIpc) is 2.93. The van der Waals surface area contributed by atoms with Gasteiger partial charge in [-0.3, -0.25) is 9.59 Å². The van der Waals surface area contributed by atoms with Crippen molar-refractivity contribution in [1.29, 1.82) is 0 Å². The van der Waals surface area contributed by atoms with Crippen LogP contribution in [0.15, 0.2) is 30.5 Å². The minimum Gasteiger partial charge on any atom is -0.356 e. The van der Waals surface area contributed by atoms with E-state index in [2.05, 4.69) is 4.98 Å². The number of carbonyl (C=O) groups is 2. The summed E-state index contributed by atoms with van der Waals surface area (Å²) in [5.41, 5.74) is 1.60. The molecule has 0 saturated carbocycles. The SMILES string of the molecule is CC(=O)c1c[nH]c(C(=O)N(C)Cc2cccc(Cl)c2Cl)c1. The van der Waals surface area contributed by atoms with Gasteiger partial charge >= 0.3 is 0 Å². The van der Waals surface area contributed by atoms with E-state index in [1.807, 2.05) is 6.07 Å². The van der Waals surface area contributed by atoms with Gasteiger partial charge in [0.25, 0.3) is 5.91 Å². The number of amides is 1. The molecule has 0 atom stereocenters. The fourth-order valence-electron chi connectivity index (χ4n) is 1.92. The summed E-state index contributed by atoms with van der Waals surface area (Å²) < 4.78 is 0. The smallest absolute Gasteiger partial charge is 0.270 e. The van der Waals surface area contributed by atoms with Gasteiger partial charge in [0.15, 0.2) is 5.78 Å². The molecule has 0 saturated heterocycles. The Balaban J connectivity index is 2.15. The Morgan fingerprint density at radius 3 is 2.62 bits per heavy atom. The van der Waals surface area contributed by atoms with E-state index in [9.17, 15) is 9.59 Å². The highest BCUT2D eigenvalue weighted by Gasteiger charge is 2.16. The van der Waals surface area contributed by atoms with Crippen LogP contribution < -0.4 is 0 Å². The van der Waals surface area contributed by atoms with Crippen LogP contribution in [0.1, 0.15) is 33.3 Å². The molecule has 0 radical (unpaired) electrons. The summed E-state index contributed by atoms with van der Waals surface area (Å²) in [6.07, 6.45) is 1.52. The monoisotopic (exact) mass is 324 g/mol. The topological polar surface area (TPSA) is 53.2 Å². The summed E-state index contributed by atoms with van der Waals surface area (Å²) in [6, 6.07) is 6.83. The molecule has 0 spiro atoms. The summed E-state index contributed by atoms with van der Waals surface area (Å²) in [4.78, 5) is 27.9. The van der Waals surface area contributed by atoms with Crippen LogP contribution in [-0.4, -0.2) is 28.6 Å². The molecular formula is C15H14Cl2N2O2. The van der Waals surface area contributed by atoms with Crippen LogP contribution in [0.3, 0.4) is 0 Å². The number of nitrogens with one attached hydrogen (secondary N) is 1. The molecule has 4 nitrogen and oxygen atoms in total. The molecule has 1 aromatic carbocycles. The maximum absolute atomic E-state index is 12.3. The second-order valence-corrected chi connectivity index (χ2v) is 5.52. The maximum Gasteiger partial charge on any atom is 0.270 e. The fourth-order valence-corrected chi connectivity index (χ4v) is 2.30. The van der Waals surface area contributed by atoms with Crippen molar-refractivity contribution in [3.8, 4) is 0 Å². The molecule has 1 aromatic heterocycles. The molecule has 1 amide bonds. The Bertz CT molecular complexity index is 695. The Labute approximate surface area is 132 Å². The molecule has 1 heterocycles. The number of nitrogens with zero attached hydrogens (tertiary/aromatic N) is 1. The molecule has 2 aromatic rings. The van der Waals surface area contributed by atoms with Crippen molar-refractivity contribution >= 4 is 34.9 Å². The summed E-state index contributed by atoms with van der Waals surface area (Å²) in [5.74, 6) is -0.315. The highest BCUT2D eigenvalue weighted by atomic mass is 35.5. The quantitative estimate of drug-likeness (QED) is 0.870. The van der Waals surface area contributed by atoms with Crippen molar-refractivity contribution in [3.05, 3.63) is 57.3 Å². The average molecular weight is 325 g/mol. The van der Waals surface area contributed by atoms with Crippen molar-refractivity contribution in [1.82, 2.24) is 9.88 Å². The van der Waals surface area contributed by atoms with E-state index in [1.165, 1.54) is 18.0 Å². The Kier molecular flexibility index (Phi) is 4.70. The highest BCUT2D eigenvalue weighted by molar-refractivity contribution is 6.42. The number of hydrogen-bond acceptors (Lipinski definition) is 2. The molecule has 0 aliphatic carbocycles. The predicted octanol–water partition coefficient (Wildman–Crippen LogP) is 3.80. The third-order valence-electron chi connectivity index (χ3n) is 3.11. The minimum atomic E-state index is -0.224. The third kappa shape index (κ3) is 3.46. The molecule has 6 heteroatoms. The van der Waals surface area contributed by atoms with E-state index in [0.717, 1.165) is 5.56 Å². The van der Waals surface area contributed by atoms with Crippen LogP contribution in [0.4, 0.5) is 0 Å². The molecule has 0 unspecified atom stereocenters. The first-order valence-electron chi connectivity index (χ1n) is 6.28. The van der Waals surface area contributed by atoms with Crippen molar-refractivity contribution < 1.29 is 9.59 Å². The summed E-state index contributed by atoms with van der Waals surface area (Å²) >= 11 is 12.1. The standard InChI is InChI=1S/C15H14Cl2N2O2/c1-9(20)11-6-13(18-7-11)15(21)19(2)8-10-4-3-5-12(16)14(10)17/h3-7,18H,8H2,1-2H3. The van der Waals surface area contributed by atoms with Crippen LogP contribution in [0.2, 0.25) is 10.0 Å². The highest BCUT2D eigenvalue weighted by Crippen LogP contribution is 2.26. The number of halogens is 2. The van der Waals surface area contributed by atoms with Gasteiger partial charge in [-0.25, -0.2) is 0 Å². The van der Waals surface area contributed by atoms with Gasteiger partial charge in [-0.2, -0.15) is 0 Å². The first kappa shape index (κ1) is 15.6. The van der Waals surface area contributed by atoms with Gasteiger partial charge in [-0.15, -0.1) is 0 Å². The van der Waals surface area contributed by atoms with Crippen molar-refractivity contribution in [3.63, 3.8) is 0 Å². The number of rotatable bonds is 4. The molecule has 0 aliphatic rings. The summed E-state index contributed by atoms with van der Waals surface area (Å²) in [6.45, 7) is 1.78. The molecule has 21 heavy (non-hydrogen) atoms. The molecule has 0 aliphatic heterocycles. The summed E-state index contributed by atoms with van der Waals surface area (Å²) in [7, 11) is 1.66. The predicted molar refractivity (Wildman–Crippen MR) is 83.1 cm³/mol. The van der Waals surface area contributed by atoms with Gasteiger partial charge in [0, 0.05) is 25.4 Å². The zero-order chi connectivity index (χ0) is 15.6. The van der Waals surface area contributed by atoms with E-state index >= 15 is 0 Å². The van der Waals surface area contributed by atoms with E-state index in [0.29, 0.717) is 27.8 Å². The first-order chi connectivity index (χ1) is 9.90. The molecule has 110 valence electrons. The lowest BCUT2D eigenvalue weighted by atomic mass is 10.2. The molecule has 0 fully saturated rings. The Hall–Kier alpha value is -1.78. The van der Waals surface area contributed by atoms with Crippen molar-refractivity contribution in [2.45, 2.75) is 13.5 Å². The first-order valence-corrected chi connectivity index (χ1v) is 7.03. The minimum absolute atomic E-state index is 0.0918. The second-order valence-electron chi connectivity index (χ2n) is 4.73. The normalized spacial score (nSPS) is 10.5. The molecule has 1 N–H and O–H groups in total. The fraction of sp³-hybridized carbons (Fsp3) is 0.200. The summed E-state index contributed by atoms with van der Waals surface area (Å²) in [5, 5.41) is 0.892. The van der Waals surface area contributed by atoms with Crippen LogP contribution in [-0.2, 0) is 6.54 Å². The van der Waals surface area contributed by atoms with Crippen molar-refractivity contribution in [2.75, 3.05) is 7.05 Å². The number of Topliss-reactive ketones (excluding diaryl/α,β-unsaturated/α-hetero) is 1. The Morgan fingerprint density at radius 2 is 2.00 bits per heavy atom. The molecule has 2 rings (SSSR count). The van der Waals surface area contributed by atoms with Crippen LogP contribution >= 0.6 is 23.2 Å². The number of aromatic amines is 1. The number of aromatic nitrogens is 1. The van der Waals surface area contributed by atoms with Crippen LogP contribution in [0.5, 0.6) is 0 Å². The largest absolute Gasteiger partial charge is 0.356 e. The lowest BCUT2D eigenvalue weighted by Crippen LogP contribution is -2.26. The number of H-pyrrole nitrogens is 1. The Morgan fingerprint density at radius 1 is 1.29 bits per heavy atom. The number of carbonyl (C=O) groups excluding carboxylic acids is 2. The van der Waals surface area contributed by atoms with E-state index in [-0.39, 0.29) is 11.7 Å². The van der Waals surface area contributed by atoms with Gasteiger partial charge < -0.3 is 9.88 Å². The third-order valence-corrected chi connectivity index (χ3v) is 3.96. The number of hydrogen-bond donors (Lipinski definition) is 1. The lowest BCUT2D eigenvalue weighted by Gasteiger charge is -2.17. The van der Waals surface area contributed by atoms with Gasteiger partial charge in [0.1, 0.15) is 5.69 Å². The zero-order valence-corrected chi connectivity index (χ0v) is 13.1.